The van der Waals surface area contributed by atoms with Crippen molar-refractivity contribution in [3.05, 3.63) is 21.8 Å². The number of alkyl halides is 2. The summed E-state index contributed by atoms with van der Waals surface area (Å²) < 4.78 is 24.9. The SMILES string of the molecule is Cc1nc(N2CC(C(F)F)C2)c(C#N)c(C)c1Cl. The van der Waals surface area contributed by atoms with Crippen molar-refractivity contribution in [3.63, 3.8) is 0 Å². The Morgan fingerprint density at radius 2 is 2.06 bits per heavy atom. The second kappa shape index (κ2) is 4.69. The molecule has 1 saturated heterocycles. The monoisotopic (exact) mass is 271 g/mol. The van der Waals surface area contributed by atoms with Crippen molar-refractivity contribution < 1.29 is 8.78 Å². The normalized spacial score (nSPS) is 15.7. The Bertz CT molecular complexity index is 519. The Morgan fingerprint density at radius 1 is 1.44 bits per heavy atom. The molecule has 3 nitrogen and oxygen atoms in total. The number of pyridine rings is 1. The first-order chi connectivity index (χ1) is 8.45. The van der Waals surface area contributed by atoms with Gasteiger partial charge in [-0.05, 0) is 19.4 Å². The summed E-state index contributed by atoms with van der Waals surface area (Å²) in [6, 6.07) is 2.05. The third-order valence-corrected chi connectivity index (χ3v) is 3.75. The van der Waals surface area contributed by atoms with Crippen molar-refractivity contribution in [3.8, 4) is 6.07 Å². The number of hydrogen-bond acceptors (Lipinski definition) is 3. The minimum absolute atomic E-state index is 0.236. The molecule has 2 rings (SSSR count). The summed E-state index contributed by atoms with van der Waals surface area (Å²) in [6.07, 6.45) is -2.32. The fourth-order valence-corrected chi connectivity index (χ4v) is 2.16. The lowest BCUT2D eigenvalue weighted by atomic mass is 9.99. The van der Waals surface area contributed by atoms with Crippen LogP contribution in [-0.2, 0) is 0 Å². The van der Waals surface area contributed by atoms with E-state index in [1.165, 1.54) is 0 Å². The second-order valence-corrected chi connectivity index (χ2v) is 4.82. The predicted molar refractivity (Wildman–Crippen MR) is 65.1 cm³/mol. The van der Waals surface area contributed by atoms with E-state index in [1.807, 2.05) is 6.07 Å². The topological polar surface area (TPSA) is 39.9 Å². The van der Waals surface area contributed by atoms with Gasteiger partial charge in [-0.1, -0.05) is 11.6 Å². The lowest BCUT2D eigenvalue weighted by Crippen LogP contribution is -2.50. The van der Waals surface area contributed by atoms with Crippen LogP contribution in [0, 0.1) is 31.1 Å². The summed E-state index contributed by atoms with van der Waals surface area (Å²) >= 11 is 6.03. The molecule has 0 radical (unpaired) electrons. The van der Waals surface area contributed by atoms with Crippen molar-refractivity contribution in [2.45, 2.75) is 20.3 Å². The number of anilines is 1. The Kier molecular flexibility index (Phi) is 3.40. The van der Waals surface area contributed by atoms with Gasteiger partial charge in [-0.3, -0.25) is 0 Å². The number of aromatic nitrogens is 1. The summed E-state index contributed by atoms with van der Waals surface area (Å²) in [4.78, 5) is 5.95. The van der Waals surface area contributed by atoms with E-state index in [2.05, 4.69) is 4.98 Å². The highest BCUT2D eigenvalue weighted by Crippen LogP contribution is 2.33. The predicted octanol–water partition coefficient (Wildman–Crippen LogP) is 2.92. The Hall–Kier alpha value is -1.41. The van der Waals surface area contributed by atoms with E-state index in [1.54, 1.807) is 18.7 Å². The third kappa shape index (κ3) is 2.01. The summed E-state index contributed by atoms with van der Waals surface area (Å²) in [5, 5.41) is 9.59. The molecule has 1 fully saturated rings. The molecule has 0 saturated carbocycles. The lowest BCUT2D eigenvalue weighted by molar-refractivity contribution is 0.0611. The highest BCUT2D eigenvalue weighted by Gasteiger charge is 2.36. The van der Waals surface area contributed by atoms with Crippen LogP contribution in [0.25, 0.3) is 0 Å². The maximum Gasteiger partial charge on any atom is 0.244 e. The van der Waals surface area contributed by atoms with Gasteiger partial charge in [0.25, 0.3) is 0 Å². The molecule has 0 bridgehead atoms. The smallest absolute Gasteiger partial charge is 0.244 e. The van der Waals surface area contributed by atoms with Gasteiger partial charge in [0, 0.05) is 13.1 Å². The molecule has 1 aliphatic heterocycles. The van der Waals surface area contributed by atoms with Crippen LogP contribution in [0.2, 0.25) is 5.02 Å². The molecule has 0 atom stereocenters. The van der Waals surface area contributed by atoms with E-state index in [0.29, 0.717) is 27.7 Å². The van der Waals surface area contributed by atoms with Gasteiger partial charge in [-0.15, -0.1) is 0 Å². The maximum atomic E-state index is 12.4. The van der Waals surface area contributed by atoms with E-state index in [-0.39, 0.29) is 13.1 Å². The molecule has 1 aliphatic rings. The van der Waals surface area contributed by atoms with Crippen LogP contribution in [0.1, 0.15) is 16.8 Å². The Labute approximate surface area is 109 Å². The molecule has 0 spiro atoms. The van der Waals surface area contributed by atoms with E-state index in [4.69, 9.17) is 16.9 Å². The summed E-state index contributed by atoms with van der Waals surface area (Å²) in [5.74, 6) is -0.163. The van der Waals surface area contributed by atoms with Crippen molar-refractivity contribution >= 4 is 17.4 Å². The fraction of sp³-hybridized carbons (Fsp3) is 0.500. The van der Waals surface area contributed by atoms with Gasteiger partial charge in [0.05, 0.1) is 22.2 Å². The van der Waals surface area contributed by atoms with Crippen LogP contribution < -0.4 is 4.90 Å². The van der Waals surface area contributed by atoms with Crippen molar-refractivity contribution in [1.82, 2.24) is 4.98 Å². The number of halogens is 3. The van der Waals surface area contributed by atoms with Crippen LogP contribution >= 0.6 is 11.6 Å². The minimum Gasteiger partial charge on any atom is -0.354 e. The van der Waals surface area contributed by atoms with Gasteiger partial charge >= 0.3 is 0 Å². The molecule has 0 N–H and O–H groups in total. The second-order valence-electron chi connectivity index (χ2n) is 4.45. The van der Waals surface area contributed by atoms with Crippen LogP contribution in [-0.4, -0.2) is 24.5 Å². The minimum atomic E-state index is -2.32. The van der Waals surface area contributed by atoms with Gasteiger partial charge < -0.3 is 4.90 Å². The molecule has 96 valence electrons. The van der Waals surface area contributed by atoms with Crippen molar-refractivity contribution in [2.75, 3.05) is 18.0 Å². The largest absolute Gasteiger partial charge is 0.354 e. The zero-order valence-electron chi connectivity index (χ0n) is 10.0. The molecule has 1 aromatic heterocycles. The quantitative estimate of drug-likeness (QED) is 0.830. The highest BCUT2D eigenvalue weighted by molar-refractivity contribution is 6.32. The summed E-state index contributed by atoms with van der Waals surface area (Å²) in [6.45, 7) is 3.95. The molecule has 1 aromatic rings. The summed E-state index contributed by atoms with van der Waals surface area (Å²) in [5.41, 5.74) is 1.64. The van der Waals surface area contributed by atoms with Crippen LogP contribution in [0.5, 0.6) is 0 Å². The van der Waals surface area contributed by atoms with E-state index >= 15 is 0 Å². The van der Waals surface area contributed by atoms with Crippen molar-refractivity contribution in [1.29, 1.82) is 5.26 Å². The molecule has 0 unspecified atom stereocenters. The van der Waals surface area contributed by atoms with E-state index in [9.17, 15) is 8.78 Å². The van der Waals surface area contributed by atoms with Crippen molar-refractivity contribution in [2.24, 2.45) is 5.92 Å². The average Bonchev–Trinajstić information content (AvgIpc) is 2.24. The van der Waals surface area contributed by atoms with Crippen LogP contribution in [0.4, 0.5) is 14.6 Å². The zero-order chi connectivity index (χ0) is 13.4. The van der Waals surface area contributed by atoms with Gasteiger partial charge in [0.2, 0.25) is 6.43 Å². The zero-order valence-corrected chi connectivity index (χ0v) is 10.8. The number of nitrogens with zero attached hydrogens (tertiary/aromatic N) is 3. The molecule has 0 aliphatic carbocycles. The molecule has 2 heterocycles. The molecular weight excluding hydrogens is 260 g/mol. The van der Waals surface area contributed by atoms with Gasteiger partial charge in [0.1, 0.15) is 11.9 Å². The Morgan fingerprint density at radius 3 is 2.56 bits per heavy atom. The average molecular weight is 272 g/mol. The standard InChI is InChI=1S/C12H12ClF2N3/c1-6-9(3-16)12(17-7(2)10(6)13)18-4-8(5-18)11(14)15/h8,11H,4-5H2,1-2H3. The van der Waals surface area contributed by atoms with E-state index < -0.39 is 12.3 Å². The van der Waals surface area contributed by atoms with Gasteiger partial charge in [-0.2, -0.15) is 5.26 Å². The maximum absolute atomic E-state index is 12.4. The molecule has 18 heavy (non-hydrogen) atoms. The molecule has 0 aromatic carbocycles. The van der Waals surface area contributed by atoms with Crippen LogP contribution in [0.15, 0.2) is 0 Å². The molecule has 6 heteroatoms. The highest BCUT2D eigenvalue weighted by atomic mass is 35.5. The lowest BCUT2D eigenvalue weighted by Gasteiger charge is -2.40. The number of aryl methyl sites for hydroxylation is 1. The fourth-order valence-electron chi connectivity index (χ4n) is 2.02. The first-order valence-electron chi connectivity index (χ1n) is 5.55. The number of rotatable bonds is 2. The Balaban J connectivity index is 2.33. The first-order valence-corrected chi connectivity index (χ1v) is 5.93. The van der Waals surface area contributed by atoms with Crippen LogP contribution in [0.3, 0.4) is 0 Å². The number of nitriles is 1. The van der Waals surface area contributed by atoms with Gasteiger partial charge in [-0.25, -0.2) is 13.8 Å². The van der Waals surface area contributed by atoms with E-state index in [0.717, 1.165) is 0 Å². The number of hydrogen-bond donors (Lipinski definition) is 0. The van der Waals surface area contributed by atoms with Gasteiger partial charge in [0.15, 0.2) is 0 Å². The third-order valence-electron chi connectivity index (χ3n) is 3.20. The molecular formula is C12H12ClF2N3. The summed E-state index contributed by atoms with van der Waals surface area (Å²) in [7, 11) is 0. The first kappa shape index (κ1) is 13.0. The molecule has 0 amide bonds.